The Hall–Kier alpha value is -3.09. The normalized spacial score (nSPS) is 17.6. The minimum atomic E-state index is -0.545. The highest BCUT2D eigenvalue weighted by atomic mass is 16.3. The standard InChI is InChI=1S/C20H23N3O4/c1-3-13(2)15-7-4-5-8-16(15)23-12-14(11-18(23)24)19(25)21-22-20(26)17-9-6-10-27-17/h4-10,13-14H,3,11-12H2,1-2H3,(H,21,25)(H,22,26)/t13-,14-/m0/s1. The van der Waals surface area contributed by atoms with Gasteiger partial charge in [0.05, 0.1) is 12.2 Å². The lowest BCUT2D eigenvalue weighted by Gasteiger charge is -2.23. The molecule has 2 heterocycles. The molecule has 2 N–H and O–H groups in total. The van der Waals surface area contributed by atoms with Crippen molar-refractivity contribution in [2.24, 2.45) is 5.92 Å². The number of amides is 3. The first-order chi connectivity index (χ1) is 13.0. The number of nitrogens with one attached hydrogen (secondary N) is 2. The van der Waals surface area contributed by atoms with Gasteiger partial charge in [-0.15, -0.1) is 0 Å². The maximum Gasteiger partial charge on any atom is 0.305 e. The zero-order valence-corrected chi connectivity index (χ0v) is 15.4. The fraction of sp³-hybridized carbons (Fsp3) is 0.350. The van der Waals surface area contributed by atoms with Crippen molar-refractivity contribution in [1.82, 2.24) is 10.9 Å². The van der Waals surface area contributed by atoms with Crippen LogP contribution >= 0.6 is 0 Å². The van der Waals surface area contributed by atoms with E-state index >= 15 is 0 Å². The molecule has 1 fully saturated rings. The number of rotatable bonds is 5. The van der Waals surface area contributed by atoms with E-state index in [-0.39, 0.29) is 24.6 Å². The van der Waals surface area contributed by atoms with E-state index in [0.29, 0.717) is 5.92 Å². The van der Waals surface area contributed by atoms with Gasteiger partial charge in [-0.3, -0.25) is 25.2 Å². The van der Waals surface area contributed by atoms with Crippen LogP contribution in [0.4, 0.5) is 5.69 Å². The highest BCUT2D eigenvalue weighted by Crippen LogP contribution is 2.33. The molecule has 1 aromatic carbocycles. The van der Waals surface area contributed by atoms with Gasteiger partial charge < -0.3 is 9.32 Å². The number of carbonyl (C=O) groups excluding carboxylic acids is 3. The molecule has 1 saturated heterocycles. The molecule has 0 radical (unpaired) electrons. The quantitative estimate of drug-likeness (QED) is 0.793. The maximum absolute atomic E-state index is 12.5. The number of anilines is 1. The molecule has 0 spiro atoms. The van der Waals surface area contributed by atoms with Crippen molar-refractivity contribution in [2.45, 2.75) is 32.6 Å². The first-order valence-corrected chi connectivity index (χ1v) is 9.04. The zero-order chi connectivity index (χ0) is 19.4. The van der Waals surface area contributed by atoms with Gasteiger partial charge in [-0.05, 0) is 36.1 Å². The molecule has 7 nitrogen and oxygen atoms in total. The predicted octanol–water partition coefficient (Wildman–Crippen LogP) is 2.61. The summed E-state index contributed by atoms with van der Waals surface area (Å²) >= 11 is 0. The monoisotopic (exact) mass is 369 g/mol. The van der Waals surface area contributed by atoms with E-state index in [9.17, 15) is 14.4 Å². The van der Waals surface area contributed by atoms with Crippen LogP contribution in [0.1, 0.15) is 48.7 Å². The van der Waals surface area contributed by atoms with Crippen LogP contribution in [0.2, 0.25) is 0 Å². The fourth-order valence-corrected chi connectivity index (χ4v) is 3.18. The predicted molar refractivity (Wildman–Crippen MR) is 99.9 cm³/mol. The van der Waals surface area contributed by atoms with Crippen molar-refractivity contribution in [2.75, 3.05) is 11.4 Å². The molecule has 0 bridgehead atoms. The number of hydrogen-bond acceptors (Lipinski definition) is 4. The average molecular weight is 369 g/mol. The van der Waals surface area contributed by atoms with Gasteiger partial charge in [0.2, 0.25) is 11.8 Å². The van der Waals surface area contributed by atoms with Crippen LogP contribution in [0.25, 0.3) is 0 Å². The first kappa shape index (κ1) is 18.7. The molecule has 3 rings (SSSR count). The van der Waals surface area contributed by atoms with Crippen molar-refractivity contribution >= 4 is 23.4 Å². The smallest absolute Gasteiger partial charge is 0.305 e. The fourth-order valence-electron chi connectivity index (χ4n) is 3.18. The summed E-state index contributed by atoms with van der Waals surface area (Å²) in [7, 11) is 0. The number of carbonyl (C=O) groups is 3. The van der Waals surface area contributed by atoms with E-state index < -0.39 is 17.7 Å². The molecule has 142 valence electrons. The summed E-state index contributed by atoms with van der Waals surface area (Å²) in [4.78, 5) is 38.4. The van der Waals surface area contributed by atoms with Gasteiger partial charge in [0.25, 0.3) is 0 Å². The van der Waals surface area contributed by atoms with Crippen LogP contribution < -0.4 is 15.8 Å². The molecule has 3 amide bonds. The van der Waals surface area contributed by atoms with E-state index in [0.717, 1.165) is 17.7 Å². The second-order valence-electron chi connectivity index (χ2n) is 6.69. The third-order valence-corrected chi connectivity index (χ3v) is 4.91. The third kappa shape index (κ3) is 4.02. The molecule has 0 aliphatic carbocycles. The maximum atomic E-state index is 12.5. The van der Waals surface area contributed by atoms with Crippen LogP contribution in [-0.4, -0.2) is 24.3 Å². The highest BCUT2D eigenvalue weighted by molar-refractivity contribution is 6.01. The van der Waals surface area contributed by atoms with Gasteiger partial charge in [0.1, 0.15) is 0 Å². The number of hydrazine groups is 1. The van der Waals surface area contributed by atoms with E-state index in [1.807, 2.05) is 24.3 Å². The van der Waals surface area contributed by atoms with Gasteiger partial charge in [-0.25, -0.2) is 0 Å². The molecule has 7 heteroatoms. The van der Waals surface area contributed by atoms with Crippen molar-refractivity contribution in [3.05, 3.63) is 54.0 Å². The van der Waals surface area contributed by atoms with Gasteiger partial charge in [0.15, 0.2) is 5.76 Å². The number of para-hydroxylation sites is 1. The summed E-state index contributed by atoms with van der Waals surface area (Å²) in [6.45, 7) is 4.51. The minimum Gasteiger partial charge on any atom is -0.459 e. The highest BCUT2D eigenvalue weighted by Gasteiger charge is 2.36. The van der Waals surface area contributed by atoms with E-state index in [4.69, 9.17) is 4.42 Å². The number of nitrogens with zero attached hydrogens (tertiary/aromatic N) is 1. The summed E-state index contributed by atoms with van der Waals surface area (Å²) < 4.78 is 4.97. The van der Waals surface area contributed by atoms with Crippen LogP contribution in [-0.2, 0) is 9.59 Å². The lowest BCUT2D eigenvalue weighted by molar-refractivity contribution is -0.126. The molecule has 27 heavy (non-hydrogen) atoms. The van der Waals surface area contributed by atoms with Crippen LogP contribution in [0.5, 0.6) is 0 Å². The molecule has 2 atom stereocenters. The summed E-state index contributed by atoms with van der Waals surface area (Å²) in [6.07, 6.45) is 2.44. The summed E-state index contributed by atoms with van der Waals surface area (Å²) in [5, 5.41) is 0. The summed E-state index contributed by atoms with van der Waals surface area (Å²) in [5.74, 6) is -1.15. The molecule has 1 aliphatic rings. The first-order valence-electron chi connectivity index (χ1n) is 9.04. The Labute approximate surface area is 157 Å². The Kier molecular flexibility index (Phi) is 5.59. The molecule has 0 unspecified atom stereocenters. The number of hydrogen-bond donors (Lipinski definition) is 2. The van der Waals surface area contributed by atoms with Crippen LogP contribution in [0.15, 0.2) is 47.1 Å². The molecule has 1 aliphatic heterocycles. The van der Waals surface area contributed by atoms with Crippen molar-refractivity contribution in [3.8, 4) is 0 Å². The Morgan fingerprint density at radius 2 is 2.00 bits per heavy atom. The Balaban J connectivity index is 1.65. The van der Waals surface area contributed by atoms with Crippen molar-refractivity contribution in [1.29, 1.82) is 0 Å². The Morgan fingerprint density at radius 1 is 1.22 bits per heavy atom. The summed E-state index contributed by atoms with van der Waals surface area (Å²) in [6, 6.07) is 10.9. The Morgan fingerprint density at radius 3 is 2.70 bits per heavy atom. The van der Waals surface area contributed by atoms with Gasteiger partial charge in [-0.2, -0.15) is 0 Å². The molecular formula is C20H23N3O4. The van der Waals surface area contributed by atoms with Gasteiger partial charge in [0, 0.05) is 18.7 Å². The van der Waals surface area contributed by atoms with Crippen LogP contribution in [0.3, 0.4) is 0 Å². The molecular weight excluding hydrogens is 346 g/mol. The molecule has 0 saturated carbocycles. The zero-order valence-electron chi connectivity index (χ0n) is 15.4. The minimum absolute atomic E-state index is 0.0942. The number of benzene rings is 1. The number of furan rings is 1. The van der Waals surface area contributed by atoms with E-state index in [1.54, 1.807) is 11.0 Å². The summed E-state index contributed by atoms with van der Waals surface area (Å²) in [5.41, 5.74) is 6.64. The average Bonchev–Trinajstić information content (AvgIpc) is 3.35. The van der Waals surface area contributed by atoms with Crippen molar-refractivity contribution < 1.29 is 18.8 Å². The largest absolute Gasteiger partial charge is 0.459 e. The lowest BCUT2D eigenvalue weighted by atomic mass is 9.96. The SMILES string of the molecule is CC[C@H](C)c1ccccc1N1C[C@@H](C(=O)NNC(=O)c2ccco2)CC1=O. The van der Waals surface area contributed by atoms with Gasteiger partial charge >= 0.3 is 5.91 Å². The Bertz CT molecular complexity index is 832. The lowest BCUT2D eigenvalue weighted by Crippen LogP contribution is -2.45. The molecule has 2 aromatic rings. The third-order valence-electron chi connectivity index (χ3n) is 4.91. The van der Waals surface area contributed by atoms with E-state index in [2.05, 4.69) is 24.7 Å². The van der Waals surface area contributed by atoms with Crippen LogP contribution in [0, 0.1) is 5.92 Å². The van der Waals surface area contributed by atoms with E-state index in [1.165, 1.54) is 12.3 Å². The van der Waals surface area contributed by atoms with Crippen molar-refractivity contribution in [3.63, 3.8) is 0 Å². The second-order valence-corrected chi connectivity index (χ2v) is 6.69. The topological polar surface area (TPSA) is 91.7 Å². The van der Waals surface area contributed by atoms with Gasteiger partial charge in [-0.1, -0.05) is 32.0 Å². The molecule has 1 aromatic heterocycles. The second kappa shape index (κ2) is 8.07.